The number of nitrogens with one attached hydrogen (secondary N) is 2. The fourth-order valence-electron chi connectivity index (χ4n) is 1.04. The van der Waals surface area contributed by atoms with Gasteiger partial charge in [-0.05, 0) is 6.42 Å². The molecule has 0 heterocycles. The topological polar surface area (TPSA) is 113 Å². The number of hydrogen-bond donors (Lipinski definition) is 3. The van der Waals surface area contributed by atoms with Crippen LogP contribution in [0.25, 0.3) is 0 Å². The molecule has 0 aromatic rings. The normalized spacial score (nSPS) is 11.4. The molecule has 0 radical (unpaired) electrons. The van der Waals surface area contributed by atoms with E-state index in [4.69, 9.17) is 5.11 Å². The van der Waals surface area contributed by atoms with Gasteiger partial charge in [-0.2, -0.15) is 0 Å². The fraction of sp³-hybridized carbons (Fsp3) is 0.556. The van der Waals surface area contributed by atoms with Crippen LogP contribution in [0.5, 0.6) is 0 Å². The molecule has 0 aliphatic carbocycles. The van der Waals surface area contributed by atoms with Crippen LogP contribution in [0.1, 0.15) is 26.7 Å². The van der Waals surface area contributed by atoms with Crippen molar-refractivity contribution in [3.05, 3.63) is 0 Å². The lowest BCUT2D eigenvalue weighted by molar-refractivity contribution is -0.141. The van der Waals surface area contributed by atoms with E-state index in [1.54, 1.807) is 0 Å². The molecule has 0 rings (SSSR count). The maximum absolute atomic E-state index is 11.0. The molecule has 0 spiro atoms. The molecule has 0 aliphatic rings. The predicted molar refractivity (Wildman–Crippen MR) is 53.3 cm³/mol. The second kappa shape index (κ2) is 6.54. The maximum Gasteiger partial charge on any atom is 0.326 e. The number of carbonyl (C=O) groups is 4. The minimum atomic E-state index is -1.22. The third-order valence-electron chi connectivity index (χ3n) is 1.65. The van der Waals surface area contributed by atoms with E-state index < -0.39 is 29.7 Å². The molecule has 3 amide bonds. The zero-order valence-corrected chi connectivity index (χ0v) is 9.07. The number of amides is 3. The number of imide groups is 1. The summed E-state index contributed by atoms with van der Waals surface area (Å²) < 4.78 is 0. The average molecular weight is 230 g/mol. The van der Waals surface area contributed by atoms with Gasteiger partial charge in [-0.1, -0.05) is 0 Å². The van der Waals surface area contributed by atoms with Crippen LogP contribution in [-0.4, -0.2) is 34.8 Å². The van der Waals surface area contributed by atoms with Gasteiger partial charge in [0.2, 0.25) is 17.7 Å². The van der Waals surface area contributed by atoms with Crippen molar-refractivity contribution in [1.82, 2.24) is 10.6 Å². The molecule has 7 nitrogen and oxygen atoms in total. The van der Waals surface area contributed by atoms with Gasteiger partial charge in [0.1, 0.15) is 6.04 Å². The maximum atomic E-state index is 11.0. The molecule has 0 unspecified atom stereocenters. The van der Waals surface area contributed by atoms with Crippen molar-refractivity contribution in [1.29, 1.82) is 0 Å². The lowest BCUT2D eigenvalue weighted by Crippen LogP contribution is -2.40. The van der Waals surface area contributed by atoms with Crippen molar-refractivity contribution in [3.8, 4) is 0 Å². The molecular formula is C9H14N2O5. The number of carboxylic acids is 1. The molecule has 3 N–H and O–H groups in total. The molecule has 0 saturated carbocycles. The van der Waals surface area contributed by atoms with Crippen LogP contribution in [0.4, 0.5) is 0 Å². The second-order valence-corrected chi connectivity index (χ2v) is 3.23. The Morgan fingerprint density at radius 3 is 2.06 bits per heavy atom. The first kappa shape index (κ1) is 14.1. The third kappa shape index (κ3) is 6.52. The Kier molecular flexibility index (Phi) is 5.76. The highest BCUT2D eigenvalue weighted by Crippen LogP contribution is 1.98. The van der Waals surface area contributed by atoms with Gasteiger partial charge in [-0.15, -0.1) is 0 Å². The quantitative estimate of drug-likeness (QED) is 0.561. The first-order valence-corrected chi connectivity index (χ1v) is 4.63. The highest BCUT2D eigenvalue weighted by molar-refractivity contribution is 5.94. The summed E-state index contributed by atoms with van der Waals surface area (Å²) in [5, 5.41) is 12.9. The number of carbonyl (C=O) groups excluding carboxylic acids is 3. The smallest absolute Gasteiger partial charge is 0.326 e. The summed E-state index contributed by atoms with van der Waals surface area (Å²) in [4.78, 5) is 42.8. The summed E-state index contributed by atoms with van der Waals surface area (Å²) in [5.74, 6) is -2.77. The molecule has 0 aromatic carbocycles. The molecule has 90 valence electrons. The first-order chi connectivity index (χ1) is 7.32. The van der Waals surface area contributed by atoms with Gasteiger partial charge >= 0.3 is 5.97 Å². The van der Waals surface area contributed by atoms with Gasteiger partial charge in [0.25, 0.3) is 0 Å². The average Bonchev–Trinajstić information content (AvgIpc) is 2.09. The summed E-state index contributed by atoms with van der Waals surface area (Å²) in [6.45, 7) is 2.37. The first-order valence-electron chi connectivity index (χ1n) is 4.63. The highest BCUT2D eigenvalue weighted by atomic mass is 16.4. The summed E-state index contributed by atoms with van der Waals surface area (Å²) >= 11 is 0. The van der Waals surface area contributed by atoms with Crippen molar-refractivity contribution in [2.24, 2.45) is 0 Å². The van der Waals surface area contributed by atoms with E-state index in [-0.39, 0.29) is 12.8 Å². The van der Waals surface area contributed by atoms with E-state index in [1.807, 2.05) is 5.32 Å². The number of hydrogen-bond acceptors (Lipinski definition) is 4. The number of rotatable bonds is 5. The molecule has 0 bridgehead atoms. The minimum absolute atomic E-state index is 0.0615. The fourth-order valence-corrected chi connectivity index (χ4v) is 1.04. The van der Waals surface area contributed by atoms with Crippen LogP contribution in [0.3, 0.4) is 0 Å². The van der Waals surface area contributed by atoms with E-state index in [0.717, 1.165) is 0 Å². The SMILES string of the molecule is CC(=O)NC(=O)CC[C@@H](NC(C)=O)C(=O)O. The zero-order chi connectivity index (χ0) is 12.7. The Labute approximate surface area is 92.2 Å². The van der Waals surface area contributed by atoms with Crippen LogP contribution in [0.2, 0.25) is 0 Å². The molecule has 16 heavy (non-hydrogen) atoms. The molecule has 7 heteroatoms. The van der Waals surface area contributed by atoms with Crippen molar-refractivity contribution in [2.75, 3.05) is 0 Å². The molecule has 0 aliphatic heterocycles. The zero-order valence-electron chi connectivity index (χ0n) is 9.07. The molecule has 0 aromatic heterocycles. The third-order valence-corrected chi connectivity index (χ3v) is 1.65. The van der Waals surface area contributed by atoms with Gasteiger partial charge in [0, 0.05) is 20.3 Å². The Hall–Kier alpha value is -1.92. The van der Waals surface area contributed by atoms with Crippen LogP contribution in [-0.2, 0) is 19.2 Å². The number of carboxylic acid groups (broad SMARTS) is 1. The lowest BCUT2D eigenvalue weighted by atomic mass is 10.1. The van der Waals surface area contributed by atoms with Gasteiger partial charge in [-0.25, -0.2) is 4.79 Å². The van der Waals surface area contributed by atoms with Crippen LogP contribution >= 0.6 is 0 Å². The Bertz CT molecular complexity index is 313. The van der Waals surface area contributed by atoms with E-state index in [2.05, 4.69) is 5.32 Å². The van der Waals surface area contributed by atoms with E-state index in [9.17, 15) is 19.2 Å². The Morgan fingerprint density at radius 2 is 1.69 bits per heavy atom. The van der Waals surface area contributed by atoms with Crippen molar-refractivity contribution in [3.63, 3.8) is 0 Å². The summed E-state index contributed by atoms with van der Waals surface area (Å²) in [6, 6.07) is -1.12. The Morgan fingerprint density at radius 1 is 1.12 bits per heavy atom. The molecular weight excluding hydrogens is 216 g/mol. The number of aliphatic carboxylic acids is 1. The molecule has 1 atom stereocenters. The van der Waals surface area contributed by atoms with Gasteiger partial charge in [-0.3, -0.25) is 19.7 Å². The van der Waals surface area contributed by atoms with Crippen LogP contribution in [0.15, 0.2) is 0 Å². The van der Waals surface area contributed by atoms with E-state index in [1.165, 1.54) is 13.8 Å². The van der Waals surface area contributed by atoms with Crippen molar-refractivity contribution in [2.45, 2.75) is 32.7 Å². The summed E-state index contributed by atoms with van der Waals surface area (Å²) in [7, 11) is 0. The van der Waals surface area contributed by atoms with Gasteiger partial charge in [0.05, 0.1) is 0 Å². The van der Waals surface area contributed by atoms with Crippen molar-refractivity contribution >= 4 is 23.7 Å². The highest BCUT2D eigenvalue weighted by Gasteiger charge is 2.19. The van der Waals surface area contributed by atoms with Crippen LogP contribution < -0.4 is 10.6 Å². The Balaban J connectivity index is 4.11. The van der Waals surface area contributed by atoms with Crippen LogP contribution in [0, 0.1) is 0 Å². The summed E-state index contributed by atoms with van der Waals surface area (Å²) in [6.07, 6.45) is -0.204. The minimum Gasteiger partial charge on any atom is -0.480 e. The van der Waals surface area contributed by atoms with Gasteiger partial charge in [0.15, 0.2) is 0 Å². The molecule has 0 saturated heterocycles. The second-order valence-electron chi connectivity index (χ2n) is 3.23. The standard InChI is InChI=1S/C9H14N2O5/c1-5(12)10-7(9(15)16)3-4-8(14)11-6(2)13/h7H,3-4H2,1-2H3,(H,10,12)(H,15,16)(H,11,13,14)/t7-/m1/s1. The predicted octanol–water partition coefficient (Wildman–Crippen LogP) is -0.981. The van der Waals surface area contributed by atoms with Gasteiger partial charge < -0.3 is 10.4 Å². The largest absolute Gasteiger partial charge is 0.480 e. The van der Waals surface area contributed by atoms with Crippen molar-refractivity contribution < 1.29 is 24.3 Å². The monoisotopic (exact) mass is 230 g/mol. The summed E-state index contributed by atoms with van der Waals surface area (Å²) in [5.41, 5.74) is 0. The lowest BCUT2D eigenvalue weighted by Gasteiger charge is -2.12. The van der Waals surface area contributed by atoms with E-state index in [0.29, 0.717) is 0 Å². The molecule has 0 fully saturated rings. The van der Waals surface area contributed by atoms with E-state index >= 15 is 0 Å².